The molecule has 3 rings (SSSR count). The van der Waals surface area contributed by atoms with Crippen molar-refractivity contribution in [2.45, 2.75) is 6.54 Å². The molecule has 1 fully saturated rings. The number of morpholine rings is 1. The van der Waals surface area contributed by atoms with Crippen molar-refractivity contribution < 1.29 is 14.3 Å². The molecule has 120 valence electrons. The van der Waals surface area contributed by atoms with Gasteiger partial charge < -0.3 is 9.47 Å². The number of benzene rings is 2. The quantitative estimate of drug-likeness (QED) is 0.796. The van der Waals surface area contributed by atoms with Crippen LogP contribution in [0.15, 0.2) is 48.5 Å². The molecule has 0 unspecified atom stereocenters. The molecular weight excluding hydrogens is 290 g/mol. The Kier molecular flexibility index (Phi) is 5.05. The number of carbonyl (C=O) groups excluding carboxylic acids is 1. The Hall–Kier alpha value is -2.17. The monoisotopic (exact) mass is 311 g/mol. The molecule has 2 aromatic carbocycles. The van der Waals surface area contributed by atoms with E-state index in [9.17, 15) is 4.79 Å². The summed E-state index contributed by atoms with van der Waals surface area (Å²) in [6, 6.07) is 15.1. The van der Waals surface area contributed by atoms with E-state index in [1.165, 1.54) is 5.56 Å². The van der Waals surface area contributed by atoms with Gasteiger partial charge >= 0.3 is 0 Å². The van der Waals surface area contributed by atoms with Crippen LogP contribution in [0.25, 0.3) is 0 Å². The summed E-state index contributed by atoms with van der Waals surface area (Å²) in [6.45, 7) is 4.43. The highest BCUT2D eigenvalue weighted by Crippen LogP contribution is 2.16. The first-order valence-corrected chi connectivity index (χ1v) is 7.84. The Morgan fingerprint density at radius 1 is 1.00 bits per heavy atom. The van der Waals surface area contributed by atoms with Crippen molar-refractivity contribution in [1.29, 1.82) is 0 Å². The summed E-state index contributed by atoms with van der Waals surface area (Å²) in [7, 11) is 1.62. The Balaban J connectivity index is 1.66. The van der Waals surface area contributed by atoms with Crippen LogP contribution in [0.4, 0.5) is 0 Å². The summed E-state index contributed by atoms with van der Waals surface area (Å²) in [4.78, 5) is 14.8. The van der Waals surface area contributed by atoms with Crippen molar-refractivity contribution >= 4 is 5.78 Å². The largest absolute Gasteiger partial charge is 0.497 e. The molecule has 0 radical (unpaired) electrons. The molecule has 2 aromatic rings. The average molecular weight is 311 g/mol. The molecule has 1 aliphatic rings. The van der Waals surface area contributed by atoms with Gasteiger partial charge in [-0.15, -0.1) is 0 Å². The summed E-state index contributed by atoms with van der Waals surface area (Å²) in [5.41, 5.74) is 2.60. The van der Waals surface area contributed by atoms with E-state index in [1.807, 2.05) is 24.3 Å². The van der Waals surface area contributed by atoms with Crippen LogP contribution >= 0.6 is 0 Å². The van der Waals surface area contributed by atoms with Crippen molar-refractivity contribution in [2.75, 3.05) is 33.4 Å². The molecule has 0 aromatic heterocycles. The van der Waals surface area contributed by atoms with E-state index in [0.29, 0.717) is 11.1 Å². The van der Waals surface area contributed by atoms with Gasteiger partial charge in [-0.1, -0.05) is 24.3 Å². The van der Waals surface area contributed by atoms with Crippen molar-refractivity contribution in [1.82, 2.24) is 4.90 Å². The molecule has 1 aliphatic heterocycles. The minimum atomic E-state index is 0.0329. The van der Waals surface area contributed by atoms with Gasteiger partial charge in [-0.25, -0.2) is 0 Å². The lowest BCUT2D eigenvalue weighted by atomic mass is 10.0. The Morgan fingerprint density at radius 3 is 2.13 bits per heavy atom. The standard InChI is InChI=1S/C19H21NO3/c1-22-18-8-6-17(7-9-18)19(21)16-4-2-15(3-5-16)14-20-10-12-23-13-11-20/h2-9H,10-14H2,1H3. The molecule has 0 bridgehead atoms. The third kappa shape index (κ3) is 3.97. The van der Waals surface area contributed by atoms with Gasteiger partial charge in [0, 0.05) is 30.8 Å². The maximum atomic E-state index is 12.5. The summed E-state index contributed by atoms with van der Waals surface area (Å²) in [5, 5.41) is 0. The van der Waals surface area contributed by atoms with Gasteiger partial charge in [0.05, 0.1) is 20.3 Å². The predicted molar refractivity (Wildman–Crippen MR) is 89.0 cm³/mol. The molecule has 0 aliphatic carbocycles. The number of hydrogen-bond acceptors (Lipinski definition) is 4. The van der Waals surface area contributed by atoms with Crippen LogP contribution < -0.4 is 4.74 Å². The second-order valence-corrected chi connectivity index (χ2v) is 5.64. The van der Waals surface area contributed by atoms with Gasteiger partial charge in [-0.05, 0) is 29.8 Å². The van der Waals surface area contributed by atoms with Crippen molar-refractivity contribution in [3.8, 4) is 5.75 Å². The molecule has 23 heavy (non-hydrogen) atoms. The van der Waals surface area contributed by atoms with Gasteiger partial charge in [0.15, 0.2) is 5.78 Å². The average Bonchev–Trinajstić information content (AvgIpc) is 2.63. The van der Waals surface area contributed by atoms with Crippen LogP contribution in [0.2, 0.25) is 0 Å². The van der Waals surface area contributed by atoms with Crippen molar-refractivity contribution in [3.63, 3.8) is 0 Å². The molecule has 0 atom stereocenters. The first-order chi connectivity index (χ1) is 11.3. The highest BCUT2D eigenvalue weighted by Gasteiger charge is 2.12. The highest BCUT2D eigenvalue weighted by molar-refractivity contribution is 6.09. The Labute approximate surface area is 136 Å². The Morgan fingerprint density at radius 2 is 1.57 bits per heavy atom. The van der Waals surface area contributed by atoms with Crippen LogP contribution in [0, 0.1) is 0 Å². The molecule has 4 heteroatoms. The fraction of sp³-hybridized carbons (Fsp3) is 0.316. The number of ether oxygens (including phenoxy) is 2. The number of carbonyl (C=O) groups is 1. The van der Waals surface area contributed by atoms with Crippen LogP contribution in [-0.4, -0.2) is 44.1 Å². The van der Waals surface area contributed by atoms with Crippen molar-refractivity contribution in [3.05, 3.63) is 65.2 Å². The smallest absolute Gasteiger partial charge is 0.193 e. The molecule has 1 saturated heterocycles. The minimum absolute atomic E-state index is 0.0329. The second-order valence-electron chi connectivity index (χ2n) is 5.64. The van der Waals surface area contributed by atoms with Crippen molar-refractivity contribution in [2.24, 2.45) is 0 Å². The SMILES string of the molecule is COc1ccc(C(=O)c2ccc(CN3CCOCC3)cc2)cc1. The zero-order valence-corrected chi connectivity index (χ0v) is 13.3. The third-order valence-corrected chi connectivity index (χ3v) is 4.08. The zero-order chi connectivity index (χ0) is 16.1. The molecule has 0 spiro atoms. The number of nitrogens with zero attached hydrogens (tertiary/aromatic N) is 1. The van der Waals surface area contributed by atoms with E-state index >= 15 is 0 Å². The topological polar surface area (TPSA) is 38.8 Å². The van der Waals surface area contributed by atoms with E-state index in [2.05, 4.69) is 4.90 Å². The normalized spacial score (nSPS) is 15.3. The zero-order valence-electron chi connectivity index (χ0n) is 13.3. The number of methoxy groups -OCH3 is 1. The molecule has 0 saturated carbocycles. The van der Waals surface area contributed by atoms with Gasteiger partial charge in [0.2, 0.25) is 0 Å². The summed E-state index contributed by atoms with van der Waals surface area (Å²) >= 11 is 0. The second kappa shape index (κ2) is 7.40. The summed E-state index contributed by atoms with van der Waals surface area (Å²) in [6.07, 6.45) is 0. The van der Waals surface area contributed by atoms with Gasteiger partial charge in [-0.3, -0.25) is 9.69 Å². The van der Waals surface area contributed by atoms with Gasteiger partial charge in [0.1, 0.15) is 5.75 Å². The number of ketones is 1. The molecule has 4 nitrogen and oxygen atoms in total. The van der Waals surface area contributed by atoms with E-state index in [1.54, 1.807) is 31.4 Å². The number of hydrogen-bond donors (Lipinski definition) is 0. The summed E-state index contributed by atoms with van der Waals surface area (Å²) < 4.78 is 10.5. The fourth-order valence-electron chi connectivity index (χ4n) is 2.69. The Bertz CT molecular complexity index is 643. The van der Waals surface area contributed by atoms with Crippen LogP contribution in [0.1, 0.15) is 21.5 Å². The third-order valence-electron chi connectivity index (χ3n) is 4.08. The van der Waals surface area contributed by atoms with Gasteiger partial charge in [0.25, 0.3) is 0 Å². The predicted octanol–water partition coefficient (Wildman–Crippen LogP) is 2.76. The van der Waals surface area contributed by atoms with E-state index < -0.39 is 0 Å². The lowest BCUT2D eigenvalue weighted by Crippen LogP contribution is -2.35. The lowest BCUT2D eigenvalue weighted by molar-refractivity contribution is 0.0342. The van der Waals surface area contributed by atoms with Crippen LogP contribution in [0.3, 0.4) is 0 Å². The van der Waals surface area contributed by atoms with E-state index in [4.69, 9.17) is 9.47 Å². The fourth-order valence-corrected chi connectivity index (χ4v) is 2.69. The molecule has 0 amide bonds. The first kappa shape index (κ1) is 15.7. The minimum Gasteiger partial charge on any atom is -0.497 e. The van der Waals surface area contributed by atoms with Gasteiger partial charge in [-0.2, -0.15) is 0 Å². The number of rotatable bonds is 5. The van der Waals surface area contributed by atoms with E-state index in [-0.39, 0.29) is 5.78 Å². The molecular formula is C19H21NO3. The highest BCUT2D eigenvalue weighted by atomic mass is 16.5. The lowest BCUT2D eigenvalue weighted by Gasteiger charge is -2.26. The maximum absolute atomic E-state index is 12.5. The summed E-state index contributed by atoms with van der Waals surface area (Å²) in [5.74, 6) is 0.785. The van der Waals surface area contributed by atoms with E-state index in [0.717, 1.165) is 38.6 Å². The molecule has 0 N–H and O–H groups in total. The van der Waals surface area contributed by atoms with Crippen LogP contribution in [0.5, 0.6) is 5.75 Å². The first-order valence-electron chi connectivity index (χ1n) is 7.84. The maximum Gasteiger partial charge on any atom is 0.193 e. The van der Waals surface area contributed by atoms with Crippen LogP contribution in [-0.2, 0) is 11.3 Å². The molecule has 1 heterocycles.